The van der Waals surface area contributed by atoms with Gasteiger partial charge in [0.25, 0.3) is 0 Å². The predicted octanol–water partition coefficient (Wildman–Crippen LogP) is 6.72. The van der Waals surface area contributed by atoms with E-state index in [0.29, 0.717) is 35.1 Å². The van der Waals surface area contributed by atoms with Crippen molar-refractivity contribution in [3.8, 4) is 23.0 Å². The number of hydrogen-bond acceptors (Lipinski definition) is 5. The van der Waals surface area contributed by atoms with Crippen LogP contribution in [0.5, 0.6) is 11.5 Å². The molecule has 0 unspecified atom stereocenters. The average Bonchev–Trinajstić information content (AvgIpc) is 3.13. The number of benzene rings is 3. The lowest BCUT2D eigenvalue weighted by molar-refractivity contribution is 0.317. The minimum atomic E-state index is 0.0577. The van der Waals surface area contributed by atoms with Gasteiger partial charge in [-0.25, -0.2) is 4.98 Å². The number of aliphatic imine (C=N–C) groups is 1. The van der Waals surface area contributed by atoms with E-state index in [-0.39, 0.29) is 5.75 Å². The zero-order valence-electron chi connectivity index (χ0n) is 15.4. The number of fused-ring (bicyclic) bond motifs is 1. The molecule has 7 heteroatoms. The van der Waals surface area contributed by atoms with E-state index in [1.165, 1.54) is 0 Å². The normalized spacial score (nSPS) is 11.4. The molecule has 1 heterocycles. The molecule has 0 aliphatic carbocycles. The smallest absolute Gasteiger partial charge is 0.227 e. The number of hydrogen-bond donors (Lipinski definition) is 1. The first-order valence-corrected chi connectivity index (χ1v) is 10.8. The van der Waals surface area contributed by atoms with E-state index in [2.05, 4.69) is 48.5 Å². The zero-order valence-corrected chi connectivity index (χ0v) is 19.1. The largest absolute Gasteiger partial charge is 0.504 e. The Bertz CT molecular complexity index is 1200. The number of nitrogens with zero attached hydrogens (tertiary/aromatic N) is 2. The minimum Gasteiger partial charge on any atom is -0.504 e. The van der Waals surface area contributed by atoms with Crippen molar-refractivity contribution in [1.82, 2.24) is 4.98 Å². The van der Waals surface area contributed by atoms with E-state index < -0.39 is 0 Å². The third-order valence-electron chi connectivity index (χ3n) is 4.18. The summed E-state index contributed by atoms with van der Waals surface area (Å²) in [7, 11) is 0. The molecule has 0 radical (unpaired) electrons. The molecule has 3 aromatic carbocycles. The molecule has 0 aliphatic rings. The van der Waals surface area contributed by atoms with E-state index in [0.717, 1.165) is 19.1 Å². The molecule has 4 rings (SSSR count). The van der Waals surface area contributed by atoms with Gasteiger partial charge in [-0.2, -0.15) is 0 Å². The Balaban J connectivity index is 1.64. The summed E-state index contributed by atoms with van der Waals surface area (Å²) in [5.74, 6) is 1.04. The van der Waals surface area contributed by atoms with E-state index in [4.69, 9.17) is 9.15 Å². The summed E-state index contributed by atoms with van der Waals surface area (Å²) in [6, 6.07) is 17.1. The second-order valence-electron chi connectivity index (χ2n) is 6.21. The van der Waals surface area contributed by atoms with Crippen LogP contribution in [0.2, 0.25) is 0 Å². The van der Waals surface area contributed by atoms with Gasteiger partial charge in [-0.1, -0.05) is 15.9 Å². The van der Waals surface area contributed by atoms with Crippen LogP contribution in [-0.2, 0) is 0 Å². The monoisotopic (exact) mass is 562 g/mol. The summed E-state index contributed by atoms with van der Waals surface area (Å²) in [6.07, 6.45) is 1.60. The second-order valence-corrected chi connectivity index (χ2v) is 8.37. The molecule has 0 saturated heterocycles. The number of aromatic hydroxyl groups is 1. The highest BCUT2D eigenvalue weighted by atomic mass is 127. The van der Waals surface area contributed by atoms with Gasteiger partial charge in [-0.05, 0) is 84.1 Å². The van der Waals surface area contributed by atoms with Crippen molar-refractivity contribution in [2.75, 3.05) is 6.61 Å². The fourth-order valence-corrected chi connectivity index (χ4v) is 3.63. The number of phenolic OH excluding ortho intramolecular Hbond substituents is 1. The maximum absolute atomic E-state index is 10.4. The lowest BCUT2D eigenvalue weighted by Crippen LogP contribution is -1.94. The molecule has 0 saturated carbocycles. The van der Waals surface area contributed by atoms with Gasteiger partial charge in [0.05, 0.1) is 12.3 Å². The topological polar surface area (TPSA) is 67.9 Å². The van der Waals surface area contributed by atoms with Gasteiger partial charge >= 0.3 is 0 Å². The molecule has 0 aliphatic heterocycles. The highest BCUT2D eigenvalue weighted by Gasteiger charge is 2.10. The third-order valence-corrected chi connectivity index (χ3v) is 5.36. The minimum absolute atomic E-state index is 0.0577. The van der Waals surface area contributed by atoms with Crippen molar-refractivity contribution in [1.29, 1.82) is 0 Å². The number of ether oxygens (including phenoxy) is 1. The van der Waals surface area contributed by atoms with Crippen molar-refractivity contribution in [3.63, 3.8) is 0 Å². The molecular formula is C22H16BrIN2O3. The highest BCUT2D eigenvalue weighted by molar-refractivity contribution is 14.1. The van der Waals surface area contributed by atoms with Crippen molar-refractivity contribution in [3.05, 3.63) is 68.2 Å². The lowest BCUT2D eigenvalue weighted by atomic mass is 10.2. The molecule has 0 fully saturated rings. The molecule has 1 N–H and O–H groups in total. The number of halogens is 2. The van der Waals surface area contributed by atoms with E-state index in [1.54, 1.807) is 18.3 Å². The summed E-state index contributed by atoms with van der Waals surface area (Å²) in [5, 5.41) is 10.4. The van der Waals surface area contributed by atoms with E-state index in [1.807, 2.05) is 49.4 Å². The maximum atomic E-state index is 10.4. The van der Waals surface area contributed by atoms with Gasteiger partial charge in [0.15, 0.2) is 17.1 Å². The Morgan fingerprint density at radius 1 is 1.17 bits per heavy atom. The first-order valence-electron chi connectivity index (χ1n) is 8.89. The van der Waals surface area contributed by atoms with Gasteiger partial charge in [0.1, 0.15) is 5.52 Å². The lowest BCUT2D eigenvalue weighted by Gasteiger charge is -2.08. The molecule has 0 spiro atoms. The molecule has 0 bridgehead atoms. The van der Waals surface area contributed by atoms with Crippen LogP contribution >= 0.6 is 38.5 Å². The highest BCUT2D eigenvalue weighted by Crippen LogP contribution is 2.33. The Hall–Kier alpha value is -2.39. The van der Waals surface area contributed by atoms with Crippen LogP contribution in [-0.4, -0.2) is 22.9 Å². The van der Waals surface area contributed by atoms with Crippen LogP contribution < -0.4 is 4.74 Å². The Kier molecular flexibility index (Phi) is 5.86. The summed E-state index contributed by atoms with van der Waals surface area (Å²) < 4.78 is 13.3. The molecule has 4 aromatic rings. The maximum Gasteiger partial charge on any atom is 0.227 e. The first kappa shape index (κ1) is 19.9. The first-order chi connectivity index (χ1) is 14.0. The van der Waals surface area contributed by atoms with Crippen molar-refractivity contribution in [2.24, 2.45) is 4.99 Å². The zero-order chi connectivity index (χ0) is 20.4. The van der Waals surface area contributed by atoms with Crippen LogP contribution in [0.4, 0.5) is 5.69 Å². The Labute approximate surface area is 189 Å². The van der Waals surface area contributed by atoms with Gasteiger partial charge in [0.2, 0.25) is 5.89 Å². The van der Waals surface area contributed by atoms with Crippen LogP contribution in [0.25, 0.3) is 22.6 Å². The third kappa shape index (κ3) is 4.45. The molecule has 1 aromatic heterocycles. The summed E-state index contributed by atoms with van der Waals surface area (Å²) in [4.78, 5) is 9.06. The summed E-state index contributed by atoms with van der Waals surface area (Å²) in [5.41, 5.74) is 3.61. The number of oxazole rings is 1. The number of rotatable bonds is 5. The fourth-order valence-electron chi connectivity index (χ4n) is 2.81. The van der Waals surface area contributed by atoms with Gasteiger partial charge in [0, 0.05) is 25.4 Å². The molecule has 5 nitrogen and oxygen atoms in total. The predicted molar refractivity (Wildman–Crippen MR) is 126 cm³/mol. The van der Waals surface area contributed by atoms with E-state index >= 15 is 0 Å². The second kappa shape index (κ2) is 8.54. The summed E-state index contributed by atoms with van der Waals surface area (Å²) >= 11 is 5.69. The van der Waals surface area contributed by atoms with Gasteiger partial charge in [-0.3, -0.25) is 4.99 Å². The van der Waals surface area contributed by atoms with Crippen LogP contribution in [0, 0.1) is 3.57 Å². The Morgan fingerprint density at radius 2 is 1.97 bits per heavy atom. The van der Waals surface area contributed by atoms with E-state index in [9.17, 15) is 5.11 Å². The quantitative estimate of drug-likeness (QED) is 0.217. The van der Waals surface area contributed by atoms with Crippen LogP contribution in [0.3, 0.4) is 0 Å². The fraction of sp³-hybridized carbons (Fsp3) is 0.0909. The van der Waals surface area contributed by atoms with Crippen molar-refractivity contribution < 1.29 is 14.3 Å². The molecular weight excluding hydrogens is 547 g/mol. The van der Waals surface area contributed by atoms with Crippen LogP contribution in [0.1, 0.15) is 12.5 Å². The Morgan fingerprint density at radius 3 is 2.72 bits per heavy atom. The molecule has 0 amide bonds. The van der Waals surface area contributed by atoms with Gasteiger partial charge < -0.3 is 14.3 Å². The standard InChI is InChI=1S/C22H16BrIN2O3/c1-2-28-20-10-15(23)9-14(21(20)27)12-25-17-7-8-19-18(11-17)26-22(29-19)13-3-5-16(24)6-4-13/h3-12,27H,2H2,1H3. The number of phenols is 1. The SMILES string of the molecule is CCOc1cc(Br)cc(C=Nc2ccc3oc(-c4ccc(I)cc4)nc3c2)c1O. The summed E-state index contributed by atoms with van der Waals surface area (Å²) in [6.45, 7) is 2.33. The number of aromatic nitrogens is 1. The molecule has 29 heavy (non-hydrogen) atoms. The average molecular weight is 563 g/mol. The molecule has 0 atom stereocenters. The van der Waals surface area contributed by atoms with Crippen molar-refractivity contribution in [2.45, 2.75) is 6.92 Å². The van der Waals surface area contributed by atoms with Gasteiger partial charge in [-0.15, -0.1) is 0 Å². The van der Waals surface area contributed by atoms with Crippen molar-refractivity contribution >= 4 is 61.5 Å². The molecule has 146 valence electrons. The van der Waals surface area contributed by atoms with Crippen LogP contribution in [0.15, 0.2) is 68.5 Å².